The van der Waals surface area contributed by atoms with E-state index >= 15 is 0 Å². The first-order valence-corrected chi connectivity index (χ1v) is 7.40. The largest absolute Gasteiger partial charge is 0.314 e. The van der Waals surface area contributed by atoms with E-state index < -0.39 is 0 Å². The number of nitro groups is 1. The Kier molecular flexibility index (Phi) is 5.22. The lowest BCUT2D eigenvalue weighted by Gasteiger charge is -2.18. The molecule has 0 saturated heterocycles. The Bertz CT molecular complexity index is 622. The number of nitrogens with one attached hydrogen (secondary N) is 1. The van der Waals surface area contributed by atoms with Crippen LogP contribution in [0.3, 0.4) is 0 Å². The van der Waals surface area contributed by atoms with Gasteiger partial charge in [-0.2, -0.15) is 0 Å². The number of aromatic nitrogens is 1. The van der Waals surface area contributed by atoms with Crippen molar-refractivity contribution in [2.45, 2.75) is 39.2 Å². The van der Waals surface area contributed by atoms with Crippen LogP contribution in [-0.4, -0.2) is 22.5 Å². The summed E-state index contributed by atoms with van der Waals surface area (Å²) in [5, 5.41) is 16.1. The van der Waals surface area contributed by atoms with Crippen molar-refractivity contribution in [3.63, 3.8) is 0 Å². The highest BCUT2D eigenvalue weighted by Crippen LogP contribution is 2.28. The normalized spacial score (nSPS) is 12.5. The summed E-state index contributed by atoms with van der Waals surface area (Å²) in [5.74, 6) is 0. The van der Waals surface area contributed by atoms with Crippen molar-refractivity contribution in [2.75, 3.05) is 6.54 Å². The van der Waals surface area contributed by atoms with Crippen molar-refractivity contribution in [1.82, 2.24) is 10.3 Å². The minimum absolute atomic E-state index is 0.123. The minimum Gasteiger partial charge on any atom is -0.314 e. The van der Waals surface area contributed by atoms with Crippen LogP contribution >= 0.6 is 0 Å². The van der Waals surface area contributed by atoms with Gasteiger partial charge < -0.3 is 5.32 Å². The summed E-state index contributed by atoms with van der Waals surface area (Å²) < 4.78 is 0. The number of benzene rings is 1. The van der Waals surface area contributed by atoms with Crippen molar-refractivity contribution in [2.24, 2.45) is 0 Å². The van der Waals surface area contributed by atoms with Crippen LogP contribution in [0.2, 0.25) is 0 Å². The van der Waals surface area contributed by atoms with Crippen molar-refractivity contribution < 1.29 is 4.92 Å². The summed E-state index contributed by atoms with van der Waals surface area (Å²) in [4.78, 5) is 14.8. The number of fused-ring (bicyclic) bond motifs is 1. The van der Waals surface area contributed by atoms with Gasteiger partial charge in [0.05, 0.1) is 10.3 Å². The maximum Gasteiger partial charge on any atom is 0.278 e. The number of likely N-dealkylation sites (N-methyl/N-ethyl adjacent to an activating group) is 1. The van der Waals surface area contributed by atoms with Crippen LogP contribution in [0, 0.1) is 10.1 Å². The first kappa shape index (κ1) is 15.4. The van der Waals surface area contributed by atoms with Crippen LogP contribution in [0.15, 0.2) is 30.6 Å². The number of nitro benzene ring substituents is 1. The lowest BCUT2D eigenvalue weighted by Crippen LogP contribution is -2.30. The van der Waals surface area contributed by atoms with Gasteiger partial charge >= 0.3 is 0 Å². The smallest absolute Gasteiger partial charge is 0.278 e. The van der Waals surface area contributed by atoms with E-state index in [9.17, 15) is 10.1 Å². The maximum atomic E-state index is 11.1. The third-order valence-corrected chi connectivity index (χ3v) is 3.68. The summed E-state index contributed by atoms with van der Waals surface area (Å²) in [7, 11) is 0. The molecule has 0 aliphatic carbocycles. The van der Waals surface area contributed by atoms with Crippen LogP contribution in [0.4, 0.5) is 5.69 Å². The number of non-ortho nitro benzene ring substituents is 1. The average molecular weight is 287 g/mol. The highest BCUT2D eigenvalue weighted by Gasteiger charge is 2.16. The van der Waals surface area contributed by atoms with Crippen molar-refractivity contribution in [3.05, 3.63) is 46.3 Å². The highest BCUT2D eigenvalue weighted by atomic mass is 16.6. The summed E-state index contributed by atoms with van der Waals surface area (Å²) in [6.07, 6.45) is 6.36. The predicted molar refractivity (Wildman–Crippen MR) is 84.5 cm³/mol. The first-order chi connectivity index (χ1) is 10.2. The quantitative estimate of drug-likeness (QED) is 0.625. The maximum absolute atomic E-state index is 11.1. The van der Waals surface area contributed by atoms with E-state index in [2.05, 4.69) is 24.1 Å². The van der Waals surface area contributed by atoms with Gasteiger partial charge in [-0.05, 0) is 36.4 Å². The fourth-order valence-electron chi connectivity index (χ4n) is 2.75. The molecule has 5 heteroatoms. The van der Waals surface area contributed by atoms with Crippen molar-refractivity contribution in [3.8, 4) is 0 Å². The molecule has 0 radical (unpaired) electrons. The van der Waals surface area contributed by atoms with E-state index in [0.717, 1.165) is 36.8 Å². The molecule has 0 spiro atoms. The molecule has 1 unspecified atom stereocenters. The molecule has 1 heterocycles. The fourth-order valence-corrected chi connectivity index (χ4v) is 2.75. The topological polar surface area (TPSA) is 68.1 Å². The molecule has 0 aliphatic heterocycles. The molecule has 2 rings (SSSR count). The summed E-state index contributed by atoms with van der Waals surface area (Å²) >= 11 is 0. The Morgan fingerprint density at radius 1 is 1.29 bits per heavy atom. The molecule has 0 bridgehead atoms. The van der Waals surface area contributed by atoms with Crippen LogP contribution < -0.4 is 5.32 Å². The summed E-state index contributed by atoms with van der Waals surface area (Å²) in [6, 6.07) is 5.74. The van der Waals surface area contributed by atoms with E-state index in [1.165, 1.54) is 0 Å². The predicted octanol–water partition coefficient (Wildman–Crippen LogP) is 3.46. The van der Waals surface area contributed by atoms with Crippen molar-refractivity contribution >= 4 is 16.5 Å². The van der Waals surface area contributed by atoms with E-state index in [0.29, 0.717) is 11.4 Å². The van der Waals surface area contributed by atoms with E-state index in [-0.39, 0.29) is 10.6 Å². The van der Waals surface area contributed by atoms with Crippen molar-refractivity contribution in [1.29, 1.82) is 0 Å². The van der Waals surface area contributed by atoms with Crippen LogP contribution in [0.5, 0.6) is 0 Å². The first-order valence-electron chi connectivity index (χ1n) is 7.40. The zero-order valence-corrected chi connectivity index (χ0v) is 12.5. The molecule has 1 atom stereocenters. The minimum atomic E-state index is -0.346. The van der Waals surface area contributed by atoms with Gasteiger partial charge in [-0.1, -0.05) is 26.3 Å². The summed E-state index contributed by atoms with van der Waals surface area (Å²) in [6.45, 7) is 5.19. The molecule has 1 aromatic heterocycles. The second kappa shape index (κ2) is 7.13. The van der Waals surface area contributed by atoms with Gasteiger partial charge in [-0.15, -0.1) is 0 Å². The number of hydrogen-bond donors (Lipinski definition) is 1. The van der Waals surface area contributed by atoms with Gasteiger partial charge in [-0.25, -0.2) is 0 Å². The Hall–Kier alpha value is -2.01. The molecular weight excluding hydrogens is 266 g/mol. The van der Waals surface area contributed by atoms with Gasteiger partial charge in [-0.3, -0.25) is 15.1 Å². The van der Waals surface area contributed by atoms with Gasteiger partial charge in [0.25, 0.3) is 5.69 Å². The third-order valence-electron chi connectivity index (χ3n) is 3.68. The fraction of sp³-hybridized carbons (Fsp3) is 0.438. The van der Waals surface area contributed by atoms with Crippen LogP contribution in [0.1, 0.15) is 32.3 Å². The van der Waals surface area contributed by atoms with Crippen LogP contribution in [0.25, 0.3) is 10.8 Å². The number of pyridine rings is 1. The zero-order chi connectivity index (χ0) is 15.2. The SMILES string of the molecule is CCCC(Cc1ccc([N+](=O)[O-])c2cnccc12)NCC. The second-order valence-electron chi connectivity index (χ2n) is 5.17. The number of hydrogen-bond acceptors (Lipinski definition) is 4. The van der Waals surface area contributed by atoms with E-state index in [4.69, 9.17) is 0 Å². The lowest BCUT2D eigenvalue weighted by molar-refractivity contribution is -0.383. The Morgan fingerprint density at radius 2 is 2.10 bits per heavy atom. The third kappa shape index (κ3) is 3.55. The molecule has 0 fully saturated rings. The molecular formula is C16H21N3O2. The molecule has 0 saturated carbocycles. The van der Waals surface area contributed by atoms with E-state index in [1.807, 2.05) is 12.1 Å². The average Bonchev–Trinajstić information content (AvgIpc) is 2.47. The molecule has 21 heavy (non-hydrogen) atoms. The zero-order valence-electron chi connectivity index (χ0n) is 12.5. The molecule has 0 aliphatic rings. The second-order valence-corrected chi connectivity index (χ2v) is 5.17. The number of rotatable bonds is 7. The number of nitrogens with zero attached hydrogens (tertiary/aromatic N) is 2. The molecule has 1 N–H and O–H groups in total. The molecule has 2 aromatic rings. The lowest BCUT2D eigenvalue weighted by atomic mass is 9.97. The Morgan fingerprint density at radius 3 is 2.76 bits per heavy atom. The molecule has 0 amide bonds. The Labute approximate surface area is 124 Å². The van der Waals surface area contributed by atoms with Crippen LogP contribution in [-0.2, 0) is 6.42 Å². The molecule has 1 aromatic carbocycles. The van der Waals surface area contributed by atoms with E-state index in [1.54, 1.807) is 18.5 Å². The van der Waals surface area contributed by atoms with Gasteiger partial charge in [0.1, 0.15) is 0 Å². The highest BCUT2D eigenvalue weighted by molar-refractivity contribution is 5.92. The molecule has 112 valence electrons. The monoisotopic (exact) mass is 287 g/mol. The Balaban J connectivity index is 2.40. The molecule has 5 nitrogen and oxygen atoms in total. The van der Waals surface area contributed by atoms with Gasteiger partial charge in [0.15, 0.2) is 0 Å². The van der Waals surface area contributed by atoms with Gasteiger partial charge in [0.2, 0.25) is 0 Å². The summed E-state index contributed by atoms with van der Waals surface area (Å²) in [5.41, 5.74) is 1.26. The van der Waals surface area contributed by atoms with Gasteiger partial charge in [0, 0.05) is 24.5 Å². The standard InChI is InChI=1S/C16H21N3O2/c1-3-5-13(18-4-2)10-12-6-7-16(19(20)21)15-11-17-9-8-14(12)15/h6-9,11,13,18H,3-5,10H2,1-2H3.